The van der Waals surface area contributed by atoms with Crippen LogP contribution in [0, 0.1) is 12.7 Å². The Bertz CT molecular complexity index is 471. The van der Waals surface area contributed by atoms with Crippen molar-refractivity contribution in [1.29, 1.82) is 0 Å². The number of unbranched alkanes of at least 4 members (excludes halogenated alkanes) is 1. The molecule has 1 rings (SSSR count). The molecule has 6 heteroatoms. The standard InChI is InChI=1S/C14H19FN2O3/c1-3-4-5-12(13(18)19)17-14(20)16-11-7-9(2)6-10(15)8-11/h6-8,12H,3-5H2,1-2H3,(H,18,19)(H2,16,17,20)/t12-/m0/s1. The molecule has 0 aromatic heterocycles. The van der Waals surface area contributed by atoms with Gasteiger partial charge in [0.15, 0.2) is 0 Å². The van der Waals surface area contributed by atoms with E-state index in [1.165, 1.54) is 12.1 Å². The summed E-state index contributed by atoms with van der Waals surface area (Å²) < 4.78 is 13.2. The number of nitrogens with one attached hydrogen (secondary N) is 2. The highest BCUT2D eigenvalue weighted by atomic mass is 19.1. The van der Waals surface area contributed by atoms with Crippen molar-refractivity contribution in [2.24, 2.45) is 0 Å². The van der Waals surface area contributed by atoms with Crippen molar-refractivity contribution in [2.45, 2.75) is 39.2 Å². The monoisotopic (exact) mass is 282 g/mol. The predicted molar refractivity (Wildman–Crippen MR) is 74.2 cm³/mol. The number of halogens is 1. The van der Waals surface area contributed by atoms with E-state index in [0.29, 0.717) is 24.1 Å². The first-order chi connectivity index (χ1) is 9.42. The molecule has 3 N–H and O–H groups in total. The smallest absolute Gasteiger partial charge is 0.326 e. The number of amides is 2. The van der Waals surface area contributed by atoms with Gasteiger partial charge in [0.2, 0.25) is 0 Å². The molecule has 0 aliphatic rings. The van der Waals surface area contributed by atoms with E-state index in [0.717, 1.165) is 6.42 Å². The topological polar surface area (TPSA) is 78.4 Å². The van der Waals surface area contributed by atoms with Gasteiger partial charge in [-0.1, -0.05) is 19.8 Å². The highest BCUT2D eigenvalue weighted by molar-refractivity contribution is 5.92. The Labute approximate surface area is 117 Å². The molecule has 0 saturated carbocycles. The van der Waals surface area contributed by atoms with Gasteiger partial charge in [0.1, 0.15) is 11.9 Å². The normalized spacial score (nSPS) is 11.8. The molecule has 1 atom stereocenters. The number of carbonyl (C=O) groups is 2. The SMILES string of the molecule is CCCC[C@H](NC(=O)Nc1cc(C)cc(F)c1)C(=O)O. The molecule has 1 aromatic carbocycles. The van der Waals surface area contributed by atoms with Gasteiger partial charge >= 0.3 is 12.0 Å². The fraction of sp³-hybridized carbons (Fsp3) is 0.429. The summed E-state index contributed by atoms with van der Waals surface area (Å²) in [5, 5.41) is 13.8. The third-order valence-corrected chi connectivity index (χ3v) is 2.75. The molecule has 0 aliphatic carbocycles. The second kappa shape index (κ2) is 7.47. The lowest BCUT2D eigenvalue weighted by Crippen LogP contribution is -2.43. The van der Waals surface area contributed by atoms with Crippen LogP contribution < -0.4 is 10.6 Å². The maximum atomic E-state index is 13.2. The van der Waals surface area contributed by atoms with Crippen molar-refractivity contribution < 1.29 is 19.1 Å². The summed E-state index contributed by atoms with van der Waals surface area (Å²) in [6, 6.07) is 2.52. The number of rotatable bonds is 6. The molecular weight excluding hydrogens is 263 g/mol. The summed E-state index contributed by atoms with van der Waals surface area (Å²) in [6.07, 6.45) is 1.91. The van der Waals surface area contributed by atoms with Crippen molar-refractivity contribution in [3.63, 3.8) is 0 Å². The van der Waals surface area contributed by atoms with E-state index in [9.17, 15) is 14.0 Å². The molecular formula is C14H19FN2O3. The van der Waals surface area contributed by atoms with Gasteiger partial charge in [-0.05, 0) is 37.1 Å². The van der Waals surface area contributed by atoms with E-state index in [-0.39, 0.29) is 0 Å². The van der Waals surface area contributed by atoms with Crippen LogP contribution in [0.3, 0.4) is 0 Å². The Kier molecular flexibility index (Phi) is 5.96. The molecule has 0 spiro atoms. The van der Waals surface area contributed by atoms with Crippen LogP contribution >= 0.6 is 0 Å². The van der Waals surface area contributed by atoms with Gasteiger partial charge in [-0.2, -0.15) is 0 Å². The molecule has 1 aromatic rings. The van der Waals surface area contributed by atoms with Crippen LogP contribution in [0.1, 0.15) is 31.7 Å². The number of benzene rings is 1. The van der Waals surface area contributed by atoms with E-state index >= 15 is 0 Å². The molecule has 20 heavy (non-hydrogen) atoms. The molecule has 0 radical (unpaired) electrons. The van der Waals surface area contributed by atoms with Crippen molar-refractivity contribution in [3.8, 4) is 0 Å². The second-order valence-electron chi connectivity index (χ2n) is 4.65. The number of urea groups is 1. The van der Waals surface area contributed by atoms with E-state index in [1.54, 1.807) is 13.0 Å². The molecule has 0 bridgehead atoms. The molecule has 2 amide bonds. The van der Waals surface area contributed by atoms with Gasteiger partial charge in [-0.3, -0.25) is 0 Å². The first kappa shape index (κ1) is 15.9. The number of aryl methyl sites for hydroxylation is 1. The highest BCUT2D eigenvalue weighted by Crippen LogP contribution is 2.13. The van der Waals surface area contributed by atoms with Gasteiger partial charge < -0.3 is 15.7 Å². The van der Waals surface area contributed by atoms with Crippen LogP contribution in [0.15, 0.2) is 18.2 Å². The Hall–Kier alpha value is -2.11. The Balaban J connectivity index is 2.63. The lowest BCUT2D eigenvalue weighted by Gasteiger charge is -2.15. The Morgan fingerprint density at radius 2 is 2.05 bits per heavy atom. The Morgan fingerprint density at radius 1 is 1.35 bits per heavy atom. The third kappa shape index (κ3) is 5.26. The summed E-state index contributed by atoms with van der Waals surface area (Å²) in [7, 11) is 0. The number of carbonyl (C=O) groups excluding carboxylic acids is 1. The lowest BCUT2D eigenvalue weighted by atomic mass is 10.1. The largest absolute Gasteiger partial charge is 0.480 e. The van der Waals surface area contributed by atoms with E-state index in [4.69, 9.17) is 5.11 Å². The minimum atomic E-state index is -1.08. The summed E-state index contributed by atoms with van der Waals surface area (Å²) >= 11 is 0. The number of hydrogen-bond donors (Lipinski definition) is 3. The number of aliphatic carboxylic acids is 1. The molecule has 0 heterocycles. The van der Waals surface area contributed by atoms with Crippen LogP contribution in [-0.4, -0.2) is 23.1 Å². The summed E-state index contributed by atoms with van der Waals surface area (Å²) in [5.41, 5.74) is 0.959. The number of anilines is 1. The number of carboxylic acids is 1. The van der Waals surface area contributed by atoms with Gasteiger partial charge in [-0.15, -0.1) is 0 Å². The number of carboxylic acid groups (broad SMARTS) is 1. The zero-order valence-electron chi connectivity index (χ0n) is 11.6. The summed E-state index contributed by atoms with van der Waals surface area (Å²) in [6.45, 7) is 3.64. The quantitative estimate of drug-likeness (QED) is 0.750. The second-order valence-corrected chi connectivity index (χ2v) is 4.65. The fourth-order valence-corrected chi connectivity index (χ4v) is 1.80. The highest BCUT2D eigenvalue weighted by Gasteiger charge is 2.19. The maximum Gasteiger partial charge on any atom is 0.326 e. The van der Waals surface area contributed by atoms with Gasteiger partial charge in [0.05, 0.1) is 0 Å². The van der Waals surface area contributed by atoms with Crippen LogP contribution in [-0.2, 0) is 4.79 Å². The van der Waals surface area contributed by atoms with Gasteiger partial charge in [0.25, 0.3) is 0 Å². The van der Waals surface area contributed by atoms with Crippen LogP contribution in [0.4, 0.5) is 14.9 Å². The fourth-order valence-electron chi connectivity index (χ4n) is 1.80. The van der Waals surface area contributed by atoms with Crippen LogP contribution in [0.2, 0.25) is 0 Å². The summed E-state index contributed by atoms with van der Waals surface area (Å²) in [4.78, 5) is 22.7. The average molecular weight is 282 g/mol. The van der Waals surface area contributed by atoms with Gasteiger partial charge in [0, 0.05) is 5.69 Å². The van der Waals surface area contributed by atoms with Crippen molar-refractivity contribution in [2.75, 3.05) is 5.32 Å². The first-order valence-electron chi connectivity index (χ1n) is 6.50. The van der Waals surface area contributed by atoms with Crippen LogP contribution in [0.25, 0.3) is 0 Å². The van der Waals surface area contributed by atoms with Crippen molar-refractivity contribution in [3.05, 3.63) is 29.6 Å². The minimum Gasteiger partial charge on any atom is -0.480 e. The molecule has 0 fully saturated rings. The molecule has 110 valence electrons. The molecule has 0 saturated heterocycles. The zero-order chi connectivity index (χ0) is 15.1. The molecule has 0 unspecified atom stereocenters. The molecule has 5 nitrogen and oxygen atoms in total. The first-order valence-corrected chi connectivity index (χ1v) is 6.50. The summed E-state index contributed by atoms with van der Waals surface area (Å²) in [5.74, 6) is -1.54. The van der Waals surface area contributed by atoms with Gasteiger partial charge in [-0.25, -0.2) is 14.0 Å². The predicted octanol–water partition coefficient (Wildman–Crippen LogP) is 2.90. The minimum absolute atomic E-state index is 0.291. The van der Waals surface area contributed by atoms with Crippen molar-refractivity contribution in [1.82, 2.24) is 5.32 Å². The van der Waals surface area contributed by atoms with Crippen molar-refractivity contribution >= 4 is 17.7 Å². The Morgan fingerprint density at radius 3 is 2.60 bits per heavy atom. The maximum absolute atomic E-state index is 13.2. The number of hydrogen-bond acceptors (Lipinski definition) is 2. The average Bonchev–Trinajstić information content (AvgIpc) is 2.32. The zero-order valence-corrected chi connectivity index (χ0v) is 11.6. The molecule has 0 aliphatic heterocycles. The lowest BCUT2D eigenvalue weighted by molar-refractivity contribution is -0.139. The van der Waals surface area contributed by atoms with Crippen LogP contribution in [0.5, 0.6) is 0 Å². The third-order valence-electron chi connectivity index (χ3n) is 2.75. The van der Waals surface area contributed by atoms with E-state index in [1.807, 2.05) is 6.92 Å². The van der Waals surface area contributed by atoms with E-state index in [2.05, 4.69) is 10.6 Å². The van der Waals surface area contributed by atoms with E-state index < -0.39 is 23.9 Å².